The van der Waals surface area contributed by atoms with Gasteiger partial charge in [0.05, 0.1) is 33.7 Å². The summed E-state index contributed by atoms with van der Waals surface area (Å²) >= 11 is 1.51. The van der Waals surface area contributed by atoms with E-state index in [1.54, 1.807) is 0 Å². The molecular weight excluding hydrogens is 540 g/mol. The lowest BCUT2D eigenvalue weighted by molar-refractivity contribution is -0.132. The fourth-order valence-corrected chi connectivity index (χ4v) is 8.19. The van der Waals surface area contributed by atoms with E-state index in [9.17, 15) is 27.3 Å². The first-order chi connectivity index (χ1) is 18.2. The van der Waals surface area contributed by atoms with Crippen LogP contribution in [-0.2, 0) is 20.0 Å². The predicted molar refractivity (Wildman–Crippen MR) is 149 cm³/mol. The number of nitrogens with zero attached hydrogens (tertiary/aromatic N) is 3. The molecule has 1 aliphatic heterocycles. The molecule has 5 rings (SSSR count). The third kappa shape index (κ3) is 6.04. The molecule has 0 bridgehead atoms. The van der Waals surface area contributed by atoms with Crippen molar-refractivity contribution in [3.05, 3.63) is 34.2 Å². The first-order valence-electron chi connectivity index (χ1n) is 13.6. The molecule has 39 heavy (non-hydrogen) atoms. The molecule has 0 radical (unpaired) electrons. The molecule has 2 atom stereocenters. The van der Waals surface area contributed by atoms with Crippen LogP contribution in [0.25, 0.3) is 11.3 Å². The van der Waals surface area contributed by atoms with Crippen LogP contribution in [-0.4, -0.2) is 49.7 Å². The number of thiazole rings is 1. The normalized spacial score (nSPS) is 25.6. The number of halogens is 2. The van der Waals surface area contributed by atoms with E-state index in [0.717, 1.165) is 26.8 Å². The van der Waals surface area contributed by atoms with Gasteiger partial charge in [-0.3, -0.25) is 4.79 Å². The maximum atomic E-state index is 14.6. The van der Waals surface area contributed by atoms with Gasteiger partial charge in [0.2, 0.25) is 5.92 Å². The zero-order chi connectivity index (χ0) is 28.2. The van der Waals surface area contributed by atoms with Crippen LogP contribution in [0.4, 0.5) is 14.5 Å². The molecule has 1 saturated heterocycles. The summed E-state index contributed by atoms with van der Waals surface area (Å²) in [5.41, 5.74) is 1.58. The second-order valence-corrected chi connectivity index (χ2v) is 15.8. The summed E-state index contributed by atoms with van der Waals surface area (Å²) in [4.78, 5) is 21.4. The quantitative estimate of drug-likeness (QED) is 0.412. The molecule has 0 unspecified atom stereocenters. The molecule has 2 aliphatic carbocycles. The summed E-state index contributed by atoms with van der Waals surface area (Å²) < 4.78 is 53.0. The van der Waals surface area contributed by atoms with Crippen molar-refractivity contribution in [2.75, 3.05) is 29.5 Å². The predicted octanol–water partition coefficient (Wildman–Crippen LogP) is 6.12. The zero-order valence-electron chi connectivity index (χ0n) is 22.7. The molecule has 2 heterocycles. The van der Waals surface area contributed by atoms with Crippen LogP contribution in [0, 0.1) is 22.7 Å². The van der Waals surface area contributed by atoms with E-state index >= 15 is 0 Å². The number of aromatic nitrogens is 1. The van der Waals surface area contributed by atoms with Crippen molar-refractivity contribution in [3.63, 3.8) is 0 Å². The van der Waals surface area contributed by atoms with Crippen LogP contribution in [0.3, 0.4) is 0 Å². The standard InChI is InChI=1S/C29H35F2N3O3S2/c1-27(2,3)26-33-24(19-4-6-20(7-5-19)34-12-14-39(36,37)15-13-34)25(38-26)21-8-9-29(30,31)16-22(21)23(35)17-28(18-32)10-11-28/h4-7,21-22H,8-17H2,1-3H3/t21-,22-/m1/s1. The van der Waals surface area contributed by atoms with Crippen molar-refractivity contribution in [2.45, 2.75) is 76.6 Å². The lowest BCUT2D eigenvalue weighted by Crippen LogP contribution is -2.40. The van der Waals surface area contributed by atoms with Crippen LogP contribution >= 0.6 is 11.3 Å². The number of anilines is 1. The van der Waals surface area contributed by atoms with E-state index in [1.807, 2.05) is 29.2 Å². The van der Waals surface area contributed by atoms with Gasteiger partial charge < -0.3 is 4.90 Å². The van der Waals surface area contributed by atoms with Crippen molar-refractivity contribution in [1.82, 2.24) is 4.98 Å². The molecule has 2 saturated carbocycles. The van der Waals surface area contributed by atoms with Crippen molar-refractivity contribution in [3.8, 4) is 17.3 Å². The maximum absolute atomic E-state index is 14.6. The Balaban J connectivity index is 1.49. The van der Waals surface area contributed by atoms with E-state index < -0.39 is 33.5 Å². The van der Waals surface area contributed by atoms with Crippen LogP contribution in [0.5, 0.6) is 0 Å². The molecule has 210 valence electrons. The topological polar surface area (TPSA) is 91.1 Å². The molecule has 0 amide bonds. The molecule has 0 N–H and O–H groups in total. The number of hydrogen-bond acceptors (Lipinski definition) is 7. The van der Waals surface area contributed by atoms with Crippen molar-refractivity contribution in [2.24, 2.45) is 11.3 Å². The minimum Gasteiger partial charge on any atom is -0.369 e. The fraction of sp³-hybridized carbons (Fsp3) is 0.621. The number of hydrogen-bond donors (Lipinski definition) is 0. The number of ketones is 1. The molecule has 3 fully saturated rings. The number of carbonyl (C=O) groups excluding carboxylic acids is 1. The Morgan fingerprint density at radius 2 is 1.79 bits per heavy atom. The summed E-state index contributed by atoms with van der Waals surface area (Å²) in [7, 11) is -2.98. The van der Waals surface area contributed by atoms with E-state index in [4.69, 9.17) is 4.98 Å². The highest BCUT2D eigenvalue weighted by molar-refractivity contribution is 7.91. The Bertz CT molecular complexity index is 1390. The van der Waals surface area contributed by atoms with Gasteiger partial charge in [0.15, 0.2) is 9.84 Å². The Morgan fingerprint density at radius 3 is 2.36 bits per heavy atom. The number of carbonyl (C=O) groups is 1. The van der Waals surface area contributed by atoms with Crippen molar-refractivity contribution < 1.29 is 22.0 Å². The monoisotopic (exact) mass is 575 g/mol. The molecule has 1 aromatic heterocycles. The van der Waals surface area contributed by atoms with E-state index in [0.29, 0.717) is 25.9 Å². The molecule has 6 nitrogen and oxygen atoms in total. The van der Waals surface area contributed by atoms with Gasteiger partial charge >= 0.3 is 0 Å². The highest BCUT2D eigenvalue weighted by atomic mass is 32.2. The summed E-state index contributed by atoms with van der Waals surface area (Å²) in [6.07, 6.45) is 0.779. The van der Waals surface area contributed by atoms with Gasteiger partial charge in [-0.15, -0.1) is 11.3 Å². The lowest BCUT2D eigenvalue weighted by atomic mass is 9.72. The Labute approximate surface area is 233 Å². The largest absolute Gasteiger partial charge is 0.369 e. The van der Waals surface area contributed by atoms with Crippen molar-refractivity contribution in [1.29, 1.82) is 5.26 Å². The molecule has 3 aliphatic rings. The third-order valence-corrected chi connectivity index (χ3v) is 11.5. The van der Waals surface area contributed by atoms with Crippen molar-refractivity contribution >= 4 is 32.6 Å². The first kappa shape index (κ1) is 28.2. The number of sulfone groups is 1. The van der Waals surface area contributed by atoms with Gasteiger partial charge in [0.1, 0.15) is 5.78 Å². The van der Waals surface area contributed by atoms with Gasteiger partial charge in [-0.25, -0.2) is 22.2 Å². The van der Waals surface area contributed by atoms with Gasteiger partial charge in [-0.2, -0.15) is 5.26 Å². The maximum Gasteiger partial charge on any atom is 0.248 e. The molecule has 0 spiro atoms. The molecule has 1 aromatic carbocycles. The second-order valence-electron chi connectivity index (χ2n) is 12.5. The summed E-state index contributed by atoms with van der Waals surface area (Å²) in [6.45, 7) is 7.08. The Kier molecular flexibility index (Phi) is 7.16. The second kappa shape index (κ2) is 9.91. The average molecular weight is 576 g/mol. The summed E-state index contributed by atoms with van der Waals surface area (Å²) in [5, 5.41) is 10.4. The SMILES string of the molecule is CC(C)(C)c1nc(-c2ccc(N3CCS(=O)(=O)CC3)cc2)c([C@@H]2CCC(F)(F)C[C@H]2C(=O)CC2(C#N)CC2)s1. The summed E-state index contributed by atoms with van der Waals surface area (Å²) in [6, 6.07) is 10.0. The van der Waals surface area contributed by atoms with E-state index in [-0.39, 0.29) is 47.9 Å². The third-order valence-electron chi connectivity index (χ3n) is 8.32. The van der Waals surface area contributed by atoms with Gasteiger partial charge in [-0.1, -0.05) is 32.9 Å². The van der Waals surface area contributed by atoms with Crippen LogP contribution in [0.15, 0.2) is 24.3 Å². The summed E-state index contributed by atoms with van der Waals surface area (Å²) in [5.74, 6) is -4.08. The minimum absolute atomic E-state index is 0.0429. The Hall–Kier alpha value is -2.38. The number of benzene rings is 1. The highest BCUT2D eigenvalue weighted by Gasteiger charge is 2.51. The number of alkyl halides is 2. The van der Waals surface area contributed by atoms with Gasteiger partial charge in [0, 0.05) is 65.7 Å². The fourth-order valence-electron chi connectivity index (χ4n) is 5.64. The highest BCUT2D eigenvalue weighted by Crippen LogP contribution is 2.54. The first-order valence-corrected chi connectivity index (χ1v) is 16.2. The lowest BCUT2D eigenvalue weighted by Gasteiger charge is -2.35. The van der Waals surface area contributed by atoms with Crippen LogP contribution in [0.2, 0.25) is 0 Å². The van der Waals surface area contributed by atoms with Gasteiger partial charge in [0.25, 0.3) is 0 Å². The molecule has 2 aromatic rings. The molecule has 10 heteroatoms. The number of Topliss-reactive ketones (excluding diaryl/α,β-unsaturated/α-hetero) is 1. The van der Waals surface area contributed by atoms with Crippen LogP contribution < -0.4 is 4.90 Å². The van der Waals surface area contributed by atoms with Gasteiger partial charge in [-0.05, 0) is 31.4 Å². The number of nitriles is 1. The Morgan fingerprint density at radius 1 is 1.15 bits per heavy atom. The van der Waals surface area contributed by atoms with Crippen LogP contribution in [0.1, 0.15) is 75.1 Å². The minimum atomic E-state index is -2.98. The number of rotatable bonds is 6. The smallest absolute Gasteiger partial charge is 0.248 e. The average Bonchev–Trinajstić information content (AvgIpc) is 3.49. The zero-order valence-corrected chi connectivity index (χ0v) is 24.3. The molecular formula is C29H35F2N3O3S2. The van der Waals surface area contributed by atoms with E-state index in [1.165, 1.54) is 11.3 Å². The van der Waals surface area contributed by atoms with E-state index in [2.05, 4.69) is 26.8 Å².